The van der Waals surface area contributed by atoms with Crippen molar-refractivity contribution in [2.75, 3.05) is 0 Å². The van der Waals surface area contributed by atoms with Crippen molar-refractivity contribution in [3.63, 3.8) is 0 Å². The molecule has 0 fully saturated rings. The molecule has 0 aliphatic heterocycles. The summed E-state index contributed by atoms with van der Waals surface area (Å²) in [5, 5.41) is 4.26. The van der Waals surface area contributed by atoms with Crippen LogP contribution in [0.3, 0.4) is 0 Å². The van der Waals surface area contributed by atoms with Crippen molar-refractivity contribution < 1.29 is 0 Å². The summed E-state index contributed by atoms with van der Waals surface area (Å²) >= 11 is 8.08. The summed E-state index contributed by atoms with van der Waals surface area (Å²) in [6.45, 7) is 5.08. The molecule has 0 aliphatic carbocycles. The molecule has 2 aromatic rings. The van der Waals surface area contributed by atoms with Gasteiger partial charge >= 0.3 is 0 Å². The molecule has 0 bridgehead atoms. The van der Waals surface area contributed by atoms with E-state index in [2.05, 4.69) is 49.5 Å². The molecule has 0 saturated carbocycles. The average molecular weight is 292 g/mol. The highest BCUT2D eigenvalue weighted by molar-refractivity contribution is 7.99. The Hall–Kier alpha value is -0.960. The molecule has 2 rings (SSSR count). The number of rotatable bonds is 5. The summed E-state index contributed by atoms with van der Waals surface area (Å²) in [4.78, 5) is 2.45. The third-order valence-corrected chi connectivity index (χ3v) is 4.20. The van der Waals surface area contributed by atoms with E-state index in [1.807, 2.05) is 18.2 Å². The first-order valence-corrected chi connectivity index (χ1v) is 7.60. The fourth-order valence-corrected chi connectivity index (χ4v) is 3.02. The Morgan fingerprint density at radius 1 is 1.05 bits per heavy atom. The molecular weight excluding hydrogens is 274 g/mol. The van der Waals surface area contributed by atoms with E-state index in [-0.39, 0.29) is 0 Å². The third kappa shape index (κ3) is 4.27. The zero-order chi connectivity index (χ0) is 13.7. The topological polar surface area (TPSA) is 12.0 Å². The Bertz CT molecular complexity index is 526. The van der Waals surface area contributed by atoms with Gasteiger partial charge in [-0.05, 0) is 29.8 Å². The molecule has 0 radical (unpaired) electrons. The number of nitrogens with one attached hydrogen (secondary N) is 1. The van der Waals surface area contributed by atoms with E-state index in [0.29, 0.717) is 6.04 Å². The van der Waals surface area contributed by atoms with Crippen molar-refractivity contribution in [1.82, 2.24) is 5.32 Å². The Morgan fingerprint density at radius 3 is 2.47 bits per heavy atom. The SMILES string of the molecule is CC(C)NCc1c(Cl)cccc1Sc1ccccc1. The first-order chi connectivity index (χ1) is 9.16. The molecule has 0 spiro atoms. The number of hydrogen-bond acceptors (Lipinski definition) is 2. The van der Waals surface area contributed by atoms with E-state index in [1.54, 1.807) is 11.8 Å². The van der Waals surface area contributed by atoms with Crippen molar-refractivity contribution in [3.8, 4) is 0 Å². The molecule has 0 aliphatic rings. The Morgan fingerprint density at radius 2 is 1.79 bits per heavy atom. The number of benzene rings is 2. The van der Waals surface area contributed by atoms with Crippen LogP contribution in [-0.2, 0) is 6.54 Å². The van der Waals surface area contributed by atoms with Gasteiger partial charge in [0.2, 0.25) is 0 Å². The molecule has 19 heavy (non-hydrogen) atoms. The van der Waals surface area contributed by atoms with Crippen LogP contribution in [0.2, 0.25) is 5.02 Å². The fourth-order valence-electron chi connectivity index (χ4n) is 1.73. The van der Waals surface area contributed by atoms with Crippen LogP contribution in [0.1, 0.15) is 19.4 Å². The van der Waals surface area contributed by atoms with E-state index < -0.39 is 0 Å². The van der Waals surface area contributed by atoms with E-state index in [4.69, 9.17) is 11.6 Å². The van der Waals surface area contributed by atoms with Gasteiger partial charge in [0, 0.05) is 27.4 Å². The molecule has 1 N–H and O–H groups in total. The largest absolute Gasteiger partial charge is 0.310 e. The Balaban J connectivity index is 2.22. The van der Waals surface area contributed by atoms with Crippen molar-refractivity contribution >= 4 is 23.4 Å². The minimum Gasteiger partial charge on any atom is -0.310 e. The zero-order valence-electron chi connectivity index (χ0n) is 11.2. The molecule has 0 heterocycles. The molecule has 0 aromatic heterocycles. The second-order valence-electron chi connectivity index (χ2n) is 4.67. The van der Waals surface area contributed by atoms with E-state index in [0.717, 1.165) is 11.6 Å². The fraction of sp³-hybridized carbons (Fsp3) is 0.250. The Labute approximate surface area is 124 Å². The second kappa shape index (κ2) is 6.99. The summed E-state index contributed by atoms with van der Waals surface area (Å²) in [7, 11) is 0. The lowest BCUT2D eigenvalue weighted by atomic mass is 10.2. The lowest BCUT2D eigenvalue weighted by molar-refractivity contribution is 0.585. The summed E-state index contributed by atoms with van der Waals surface area (Å²) < 4.78 is 0. The molecule has 0 amide bonds. The molecule has 0 saturated heterocycles. The molecule has 3 heteroatoms. The highest BCUT2D eigenvalue weighted by Gasteiger charge is 2.08. The van der Waals surface area contributed by atoms with E-state index in [9.17, 15) is 0 Å². The van der Waals surface area contributed by atoms with E-state index >= 15 is 0 Å². The Kier molecular flexibility index (Phi) is 5.32. The molecule has 1 nitrogen and oxygen atoms in total. The van der Waals surface area contributed by atoms with Gasteiger partial charge in [-0.15, -0.1) is 0 Å². The van der Waals surface area contributed by atoms with Crippen LogP contribution in [0, 0.1) is 0 Å². The van der Waals surface area contributed by atoms with Gasteiger partial charge in [0.15, 0.2) is 0 Å². The zero-order valence-corrected chi connectivity index (χ0v) is 12.8. The normalized spacial score (nSPS) is 10.9. The van der Waals surface area contributed by atoms with Gasteiger partial charge in [-0.25, -0.2) is 0 Å². The standard InChI is InChI=1S/C16H18ClNS/c1-12(2)18-11-14-15(17)9-6-10-16(14)19-13-7-4-3-5-8-13/h3-10,12,18H,11H2,1-2H3. The van der Waals surface area contributed by atoms with Crippen molar-refractivity contribution in [2.24, 2.45) is 0 Å². The first kappa shape index (κ1) is 14.4. The van der Waals surface area contributed by atoms with Crippen LogP contribution in [0.15, 0.2) is 58.3 Å². The van der Waals surface area contributed by atoms with Crippen LogP contribution in [0.5, 0.6) is 0 Å². The summed E-state index contributed by atoms with van der Waals surface area (Å²) in [6.07, 6.45) is 0. The maximum Gasteiger partial charge on any atom is 0.0462 e. The predicted molar refractivity (Wildman–Crippen MR) is 84.0 cm³/mol. The smallest absolute Gasteiger partial charge is 0.0462 e. The lowest BCUT2D eigenvalue weighted by Crippen LogP contribution is -2.22. The quantitative estimate of drug-likeness (QED) is 0.833. The van der Waals surface area contributed by atoms with Gasteiger partial charge in [-0.1, -0.05) is 61.5 Å². The number of hydrogen-bond donors (Lipinski definition) is 1. The minimum absolute atomic E-state index is 0.450. The van der Waals surface area contributed by atoms with Crippen molar-refractivity contribution in [2.45, 2.75) is 36.2 Å². The van der Waals surface area contributed by atoms with Crippen LogP contribution in [0.4, 0.5) is 0 Å². The summed E-state index contributed by atoms with van der Waals surface area (Å²) in [6, 6.07) is 16.9. The monoisotopic (exact) mass is 291 g/mol. The summed E-state index contributed by atoms with van der Waals surface area (Å²) in [5.74, 6) is 0. The van der Waals surface area contributed by atoms with Gasteiger partial charge in [0.1, 0.15) is 0 Å². The van der Waals surface area contributed by atoms with Crippen molar-refractivity contribution in [3.05, 3.63) is 59.1 Å². The van der Waals surface area contributed by atoms with Gasteiger partial charge in [-0.3, -0.25) is 0 Å². The van der Waals surface area contributed by atoms with Gasteiger partial charge < -0.3 is 5.32 Å². The van der Waals surface area contributed by atoms with Gasteiger partial charge in [0.05, 0.1) is 0 Å². The molecule has 0 unspecified atom stereocenters. The highest BCUT2D eigenvalue weighted by atomic mass is 35.5. The van der Waals surface area contributed by atoms with Crippen LogP contribution in [-0.4, -0.2) is 6.04 Å². The third-order valence-electron chi connectivity index (χ3n) is 2.73. The maximum atomic E-state index is 6.33. The highest BCUT2D eigenvalue weighted by Crippen LogP contribution is 2.33. The van der Waals surface area contributed by atoms with Crippen LogP contribution < -0.4 is 5.32 Å². The van der Waals surface area contributed by atoms with Gasteiger partial charge in [-0.2, -0.15) is 0 Å². The molecular formula is C16H18ClNS. The first-order valence-electron chi connectivity index (χ1n) is 6.40. The predicted octanol–water partition coefficient (Wildman–Crippen LogP) is 4.99. The molecule has 0 atom stereocenters. The second-order valence-corrected chi connectivity index (χ2v) is 6.19. The maximum absolute atomic E-state index is 6.33. The number of halogens is 1. The van der Waals surface area contributed by atoms with Crippen molar-refractivity contribution in [1.29, 1.82) is 0 Å². The lowest BCUT2D eigenvalue weighted by Gasteiger charge is -2.14. The summed E-state index contributed by atoms with van der Waals surface area (Å²) in [5.41, 5.74) is 1.17. The van der Waals surface area contributed by atoms with E-state index in [1.165, 1.54) is 15.4 Å². The average Bonchev–Trinajstić information content (AvgIpc) is 2.39. The minimum atomic E-state index is 0.450. The molecule has 2 aromatic carbocycles. The van der Waals surface area contributed by atoms with Gasteiger partial charge in [0.25, 0.3) is 0 Å². The van der Waals surface area contributed by atoms with Crippen LogP contribution >= 0.6 is 23.4 Å². The van der Waals surface area contributed by atoms with Crippen LogP contribution in [0.25, 0.3) is 0 Å². The molecule has 100 valence electrons.